The number of anilines is 1. The van der Waals surface area contributed by atoms with Gasteiger partial charge in [-0.25, -0.2) is 13.1 Å². The Hall–Kier alpha value is -4.68. The van der Waals surface area contributed by atoms with E-state index in [-0.39, 0.29) is 16.3 Å². The number of benzene rings is 3. The highest BCUT2D eigenvalue weighted by atomic mass is 35.5. The molecule has 1 aromatic heterocycles. The van der Waals surface area contributed by atoms with Gasteiger partial charge in [-0.1, -0.05) is 29.8 Å². The van der Waals surface area contributed by atoms with Crippen LogP contribution in [-0.2, 0) is 14.8 Å². The number of carbonyl (C=O) groups is 2. The minimum atomic E-state index is -3.93. The Kier molecular flexibility index (Phi) is 7.05. The molecule has 0 fully saturated rings. The summed E-state index contributed by atoms with van der Waals surface area (Å²) in [7, 11) is -3.93. The van der Waals surface area contributed by atoms with Crippen molar-refractivity contribution in [1.29, 1.82) is 0 Å². The number of carbonyl (C=O) groups excluding carboxylic acids is 2. The van der Waals surface area contributed by atoms with Gasteiger partial charge in [-0.2, -0.15) is 25.4 Å². The topological polar surface area (TPSA) is 138 Å². The van der Waals surface area contributed by atoms with Gasteiger partial charge in [0, 0.05) is 16.7 Å². The molecule has 0 aliphatic carbocycles. The predicted octanol–water partition coefficient (Wildman–Crippen LogP) is 4.84. The molecule has 0 spiro atoms. The number of hydrogen-bond acceptors (Lipinski definition) is 8. The maximum Gasteiger partial charge on any atom is 0.282 e. The molecule has 4 aromatic rings. The second-order valence-corrected chi connectivity index (χ2v) is 10.5. The van der Waals surface area contributed by atoms with E-state index in [4.69, 9.17) is 11.6 Å². The van der Waals surface area contributed by atoms with Crippen LogP contribution >= 0.6 is 11.6 Å². The molecule has 196 valence electrons. The third-order valence-corrected chi connectivity index (χ3v) is 7.32. The van der Waals surface area contributed by atoms with Crippen LogP contribution in [-0.4, -0.2) is 46.8 Å². The summed E-state index contributed by atoms with van der Waals surface area (Å²) in [6.07, 6.45) is 1.49. The number of imide groups is 1. The van der Waals surface area contributed by atoms with Crippen molar-refractivity contribution < 1.29 is 18.0 Å². The Bertz CT molecular complexity index is 1700. The summed E-state index contributed by atoms with van der Waals surface area (Å²) in [5.41, 5.74) is 1.56. The molecule has 0 saturated carbocycles. The minimum Gasteiger partial charge on any atom is -0.269 e. The van der Waals surface area contributed by atoms with Crippen LogP contribution < -0.4 is 4.72 Å². The lowest BCUT2D eigenvalue weighted by molar-refractivity contribution is -0.127. The fourth-order valence-corrected chi connectivity index (χ4v) is 4.89. The summed E-state index contributed by atoms with van der Waals surface area (Å²) in [6.45, 7) is 1.57. The first-order valence-electron chi connectivity index (χ1n) is 11.5. The highest BCUT2D eigenvalue weighted by Gasteiger charge is 2.38. The number of amides is 2. The quantitative estimate of drug-likeness (QED) is 0.254. The van der Waals surface area contributed by atoms with Crippen LogP contribution in [0.1, 0.15) is 17.3 Å². The van der Waals surface area contributed by atoms with Crippen LogP contribution in [0.3, 0.4) is 0 Å². The van der Waals surface area contributed by atoms with Crippen molar-refractivity contribution >= 4 is 50.7 Å². The van der Waals surface area contributed by atoms with Crippen LogP contribution in [0.2, 0.25) is 5.02 Å². The first kappa shape index (κ1) is 25.9. The van der Waals surface area contributed by atoms with Crippen LogP contribution in [0, 0.1) is 0 Å². The fraction of sp³-hybridized carbons (Fsp3) is 0.0769. The normalized spacial score (nSPS) is 15.5. The molecule has 11 nitrogen and oxygen atoms in total. The van der Waals surface area contributed by atoms with Gasteiger partial charge in [0.2, 0.25) is 0 Å². The van der Waals surface area contributed by atoms with E-state index in [1.165, 1.54) is 47.3 Å². The van der Waals surface area contributed by atoms with E-state index in [1.54, 1.807) is 37.3 Å². The van der Waals surface area contributed by atoms with Gasteiger partial charge in [0.05, 0.1) is 28.2 Å². The smallest absolute Gasteiger partial charge is 0.269 e. The van der Waals surface area contributed by atoms with E-state index in [9.17, 15) is 18.0 Å². The molecule has 1 aliphatic heterocycles. The van der Waals surface area contributed by atoms with E-state index >= 15 is 0 Å². The number of para-hydroxylation sites is 1. The highest BCUT2D eigenvalue weighted by Crippen LogP contribution is 2.23. The predicted molar refractivity (Wildman–Crippen MR) is 145 cm³/mol. The van der Waals surface area contributed by atoms with Crippen molar-refractivity contribution in [2.45, 2.75) is 17.9 Å². The molecule has 13 heteroatoms. The number of azo groups is 1. The molecule has 39 heavy (non-hydrogen) atoms. The van der Waals surface area contributed by atoms with Crippen LogP contribution in [0.4, 0.5) is 11.5 Å². The van der Waals surface area contributed by atoms with Crippen molar-refractivity contribution in [1.82, 2.24) is 14.8 Å². The SMILES string of the molecule is CC1=NN(C(=O)c2ccc(Cl)cc2)C(=O)C1/N=N/c1ccc(S(=O)(=O)Nc2ccnn2-c2ccccc2)cc1. The molecule has 0 saturated heterocycles. The van der Waals surface area contributed by atoms with E-state index in [2.05, 4.69) is 25.2 Å². The molecule has 0 radical (unpaired) electrons. The van der Waals surface area contributed by atoms with Gasteiger partial charge in [0.1, 0.15) is 5.82 Å². The number of nitrogens with one attached hydrogen (secondary N) is 1. The van der Waals surface area contributed by atoms with Crippen molar-refractivity contribution in [3.05, 3.63) is 102 Å². The summed E-state index contributed by atoms with van der Waals surface area (Å²) < 4.78 is 30.0. The number of nitrogens with zero attached hydrogens (tertiary/aromatic N) is 6. The second-order valence-electron chi connectivity index (χ2n) is 8.38. The number of hydrazone groups is 1. The average molecular weight is 562 g/mol. The average Bonchev–Trinajstić information content (AvgIpc) is 3.51. The van der Waals surface area contributed by atoms with Crippen molar-refractivity contribution in [3.63, 3.8) is 0 Å². The van der Waals surface area contributed by atoms with E-state index in [1.807, 2.05) is 18.2 Å². The van der Waals surface area contributed by atoms with E-state index < -0.39 is 27.9 Å². The Morgan fingerprint density at radius 2 is 1.67 bits per heavy atom. The number of halogens is 1. The summed E-state index contributed by atoms with van der Waals surface area (Å²) >= 11 is 5.86. The van der Waals surface area contributed by atoms with Crippen LogP contribution in [0.25, 0.3) is 5.69 Å². The zero-order chi connectivity index (χ0) is 27.6. The maximum atomic E-state index is 13.0. The second kappa shape index (κ2) is 10.6. The molecule has 1 aliphatic rings. The Balaban J connectivity index is 1.27. The Morgan fingerprint density at radius 1 is 0.974 bits per heavy atom. The summed E-state index contributed by atoms with van der Waals surface area (Å²) in [4.78, 5) is 25.5. The molecule has 3 aromatic carbocycles. The van der Waals surface area contributed by atoms with Crippen LogP contribution in [0.5, 0.6) is 0 Å². The van der Waals surface area contributed by atoms with Gasteiger partial charge in [-0.15, -0.1) is 0 Å². The van der Waals surface area contributed by atoms with Gasteiger partial charge in [-0.05, 0) is 67.6 Å². The van der Waals surface area contributed by atoms with Crippen molar-refractivity contribution in [2.75, 3.05) is 4.72 Å². The zero-order valence-electron chi connectivity index (χ0n) is 20.3. The fourth-order valence-electron chi connectivity index (χ4n) is 3.72. The monoisotopic (exact) mass is 561 g/mol. The van der Waals surface area contributed by atoms with Gasteiger partial charge in [0.15, 0.2) is 6.04 Å². The lowest BCUT2D eigenvalue weighted by Crippen LogP contribution is -2.34. The van der Waals surface area contributed by atoms with Crippen molar-refractivity contribution in [2.24, 2.45) is 15.3 Å². The highest BCUT2D eigenvalue weighted by molar-refractivity contribution is 7.92. The summed E-state index contributed by atoms with van der Waals surface area (Å²) in [6, 6.07) is 21.3. The zero-order valence-corrected chi connectivity index (χ0v) is 21.9. The number of aromatic nitrogens is 2. The standard InChI is InChI=1S/C26H20ClN7O4S/c1-17-24(26(36)34(31-17)25(35)18-7-9-19(27)10-8-18)30-29-20-11-13-22(14-12-20)39(37,38)32-23-15-16-28-33(23)21-5-3-2-4-6-21/h2-16,24,32H,1H3/b30-29+. The largest absolute Gasteiger partial charge is 0.282 e. The van der Waals surface area contributed by atoms with E-state index in [0.717, 1.165) is 5.01 Å². The minimum absolute atomic E-state index is 0.00307. The molecule has 2 heterocycles. The molecular weight excluding hydrogens is 542 g/mol. The molecule has 1 atom stereocenters. The number of sulfonamides is 1. The molecular formula is C26H20ClN7O4S. The molecule has 1 N–H and O–H groups in total. The number of rotatable bonds is 7. The maximum absolute atomic E-state index is 13.0. The first-order chi connectivity index (χ1) is 18.7. The van der Waals surface area contributed by atoms with Gasteiger partial charge >= 0.3 is 0 Å². The lowest BCUT2D eigenvalue weighted by Gasteiger charge is -2.11. The van der Waals surface area contributed by atoms with E-state index in [0.29, 0.717) is 22.1 Å². The van der Waals surface area contributed by atoms with Crippen molar-refractivity contribution in [3.8, 4) is 5.69 Å². The van der Waals surface area contributed by atoms with Gasteiger partial charge in [0.25, 0.3) is 21.8 Å². The molecule has 2 amide bonds. The summed E-state index contributed by atoms with van der Waals surface area (Å²) in [5.74, 6) is -0.976. The van der Waals surface area contributed by atoms with Gasteiger partial charge in [-0.3, -0.25) is 14.3 Å². The number of hydrogen-bond donors (Lipinski definition) is 1. The first-order valence-corrected chi connectivity index (χ1v) is 13.4. The molecule has 1 unspecified atom stereocenters. The third kappa shape index (κ3) is 5.47. The Morgan fingerprint density at radius 3 is 2.36 bits per heavy atom. The lowest BCUT2D eigenvalue weighted by atomic mass is 10.2. The summed E-state index contributed by atoms with van der Waals surface area (Å²) in [5, 5.41) is 17.5. The van der Waals surface area contributed by atoms with Crippen LogP contribution in [0.15, 0.2) is 111 Å². The van der Waals surface area contributed by atoms with Gasteiger partial charge < -0.3 is 0 Å². The molecule has 5 rings (SSSR count). The molecule has 0 bridgehead atoms. The Labute approximate surface area is 228 Å². The third-order valence-electron chi connectivity index (χ3n) is 5.70.